The molecule has 0 aliphatic carbocycles. The van der Waals surface area contributed by atoms with E-state index in [0.717, 1.165) is 19.5 Å². The highest BCUT2D eigenvalue weighted by Crippen LogP contribution is 2.09. The van der Waals surface area contributed by atoms with Gasteiger partial charge in [0.05, 0.1) is 12.2 Å². The first-order chi connectivity index (χ1) is 7.81. The van der Waals surface area contributed by atoms with E-state index in [1.165, 1.54) is 0 Å². The molecule has 2 heterocycles. The Morgan fingerprint density at radius 2 is 2.50 bits per heavy atom. The summed E-state index contributed by atoms with van der Waals surface area (Å²) in [5.74, 6) is -0.188. The van der Waals surface area contributed by atoms with Crippen LogP contribution in [-0.4, -0.2) is 47.1 Å². The summed E-state index contributed by atoms with van der Waals surface area (Å²) in [6, 6.07) is 0.332. The number of hydrogen-bond donors (Lipinski definition) is 3. The molecule has 0 unspecified atom stereocenters. The Bertz CT molecular complexity index is 359. The molecule has 16 heavy (non-hydrogen) atoms. The second kappa shape index (κ2) is 5.04. The lowest BCUT2D eigenvalue weighted by molar-refractivity contribution is 0.0948. The number of nitrogens with two attached hydrogens (primary N) is 1. The standard InChI is InChI=1S/C9H16N6O/c10-2-1-3-12-9(16)8-6-15(14-13-8)7-4-11-5-7/h6-7,11H,1-5,10H2,(H,12,16). The lowest BCUT2D eigenvalue weighted by Crippen LogP contribution is -2.43. The number of carbonyl (C=O) groups is 1. The number of aromatic nitrogens is 3. The van der Waals surface area contributed by atoms with Crippen LogP contribution in [0.1, 0.15) is 23.0 Å². The van der Waals surface area contributed by atoms with E-state index in [-0.39, 0.29) is 5.91 Å². The molecule has 1 amide bonds. The monoisotopic (exact) mass is 224 g/mol. The minimum absolute atomic E-state index is 0.188. The highest BCUT2D eigenvalue weighted by molar-refractivity contribution is 5.91. The fraction of sp³-hybridized carbons (Fsp3) is 0.667. The molecule has 0 bridgehead atoms. The third-order valence-electron chi connectivity index (χ3n) is 2.54. The molecule has 1 aromatic rings. The van der Waals surface area contributed by atoms with E-state index < -0.39 is 0 Å². The van der Waals surface area contributed by atoms with Crippen LogP contribution in [0.3, 0.4) is 0 Å². The zero-order valence-corrected chi connectivity index (χ0v) is 9.02. The van der Waals surface area contributed by atoms with Gasteiger partial charge in [0.2, 0.25) is 0 Å². The first kappa shape index (κ1) is 11.0. The Hall–Kier alpha value is -1.47. The van der Waals surface area contributed by atoms with E-state index >= 15 is 0 Å². The van der Waals surface area contributed by atoms with Crippen LogP contribution < -0.4 is 16.4 Å². The van der Waals surface area contributed by atoms with E-state index in [0.29, 0.717) is 24.8 Å². The number of hydrogen-bond acceptors (Lipinski definition) is 5. The summed E-state index contributed by atoms with van der Waals surface area (Å²) in [5, 5.41) is 13.6. The molecule has 88 valence electrons. The summed E-state index contributed by atoms with van der Waals surface area (Å²) < 4.78 is 1.73. The Morgan fingerprint density at radius 3 is 3.12 bits per heavy atom. The van der Waals surface area contributed by atoms with Crippen molar-refractivity contribution >= 4 is 5.91 Å². The number of carbonyl (C=O) groups excluding carboxylic acids is 1. The van der Waals surface area contributed by atoms with Gasteiger partial charge in [0, 0.05) is 19.6 Å². The van der Waals surface area contributed by atoms with E-state index in [9.17, 15) is 4.79 Å². The molecule has 0 aromatic carbocycles. The zero-order valence-electron chi connectivity index (χ0n) is 9.02. The van der Waals surface area contributed by atoms with Gasteiger partial charge in [0.25, 0.3) is 5.91 Å². The van der Waals surface area contributed by atoms with Crippen LogP contribution >= 0.6 is 0 Å². The topological polar surface area (TPSA) is 97.9 Å². The van der Waals surface area contributed by atoms with Gasteiger partial charge in [0.15, 0.2) is 5.69 Å². The summed E-state index contributed by atoms with van der Waals surface area (Å²) in [7, 11) is 0. The van der Waals surface area contributed by atoms with Crippen LogP contribution in [-0.2, 0) is 0 Å². The summed E-state index contributed by atoms with van der Waals surface area (Å²) in [5.41, 5.74) is 5.70. The van der Waals surface area contributed by atoms with Crippen molar-refractivity contribution in [2.24, 2.45) is 5.73 Å². The Morgan fingerprint density at radius 1 is 1.69 bits per heavy atom. The van der Waals surface area contributed by atoms with Crippen molar-refractivity contribution in [3.8, 4) is 0 Å². The van der Waals surface area contributed by atoms with Crippen molar-refractivity contribution < 1.29 is 4.79 Å². The molecule has 2 rings (SSSR count). The average Bonchev–Trinajstić information content (AvgIpc) is 2.64. The summed E-state index contributed by atoms with van der Waals surface area (Å²) in [4.78, 5) is 11.6. The van der Waals surface area contributed by atoms with E-state index in [4.69, 9.17) is 5.73 Å². The van der Waals surface area contributed by atoms with Gasteiger partial charge in [-0.2, -0.15) is 0 Å². The van der Waals surface area contributed by atoms with Gasteiger partial charge in [0.1, 0.15) is 0 Å². The lowest BCUT2D eigenvalue weighted by Gasteiger charge is -2.26. The van der Waals surface area contributed by atoms with Crippen molar-refractivity contribution in [3.63, 3.8) is 0 Å². The molecule has 7 heteroatoms. The van der Waals surface area contributed by atoms with Crippen molar-refractivity contribution in [1.82, 2.24) is 25.6 Å². The maximum atomic E-state index is 11.6. The highest BCUT2D eigenvalue weighted by Gasteiger charge is 2.21. The predicted molar refractivity (Wildman–Crippen MR) is 57.9 cm³/mol. The molecule has 4 N–H and O–H groups in total. The SMILES string of the molecule is NCCCNC(=O)c1cn(C2CNC2)nn1. The van der Waals surface area contributed by atoms with Crippen LogP contribution in [0.25, 0.3) is 0 Å². The fourth-order valence-corrected chi connectivity index (χ4v) is 1.41. The van der Waals surface area contributed by atoms with Crippen LogP contribution in [0.15, 0.2) is 6.20 Å². The van der Waals surface area contributed by atoms with Crippen LogP contribution in [0.4, 0.5) is 0 Å². The van der Waals surface area contributed by atoms with Gasteiger partial charge in [-0.05, 0) is 13.0 Å². The van der Waals surface area contributed by atoms with Crippen LogP contribution in [0, 0.1) is 0 Å². The molecule has 0 saturated carbocycles. The van der Waals surface area contributed by atoms with Gasteiger partial charge >= 0.3 is 0 Å². The summed E-state index contributed by atoms with van der Waals surface area (Å²) in [6.07, 6.45) is 2.45. The molecule has 1 aromatic heterocycles. The first-order valence-electron chi connectivity index (χ1n) is 5.42. The van der Waals surface area contributed by atoms with E-state index in [1.807, 2.05) is 0 Å². The largest absolute Gasteiger partial charge is 0.351 e. The van der Waals surface area contributed by atoms with Crippen LogP contribution in [0.2, 0.25) is 0 Å². The highest BCUT2D eigenvalue weighted by atomic mass is 16.2. The van der Waals surface area contributed by atoms with Crippen molar-refractivity contribution in [3.05, 3.63) is 11.9 Å². The van der Waals surface area contributed by atoms with Gasteiger partial charge in [-0.1, -0.05) is 5.21 Å². The second-order valence-corrected chi connectivity index (χ2v) is 3.79. The third-order valence-corrected chi connectivity index (χ3v) is 2.54. The number of amides is 1. The average molecular weight is 224 g/mol. The smallest absolute Gasteiger partial charge is 0.273 e. The molecule has 1 aliphatic rings. The van der Waals surface area contributed by atoms with Crippen molar-refractivity contribution in [1.29, 1.82) is 0 Å². The molecule has 1 fully saturated rings. The quantitative estimate of drug-likeness (QED) is 0.529. The molecule has 0 radical (unpaired) electrons. The zero-order chi connectivity index (χ0) is 11.4. The van der Waals surface area contributed by atoms with Gasteiger partial charge in [-0.25, -0.2) is 4.68 Å². The third kappa shape index (κ3) is 2.37. The van der Waals surface area contributed by atoms with Crippen molar-refractivity contribution in [2.45, 2.75) is 12.5 Å². The molecule has 1 aliphatic heterocycles. The fourth-order valence-electron chi connectivity index (χ4n) is 1.41. The Kier molecular flexibility index (Phi) is 3.47. The van der Waals surface area contributed by atoms with Gasteiger partial charge in [-0.15, -0.1) is 5.10 Å². The van der Waals surface area contributed by atoms with E-state index in [1.54, 1.807) is 10.9 Å². The molecular weight excluding hydrogens is 208 g/mol. The van der Waals surface area contributed by atoms with E-state index in [2.05, 4.69) is 20.9 Å². The maximum absolute atomic E-state index is 11.6. The Balaban J connectivity index is 1.87. The normalized spacial score (nSPS) is 15.8. The first-order valence-corrected chi connectivity index (χ1v) is 5.42. The number of nitrogens with one attached hydrogen (secondary N) is 2. The molecule has 0 atom stereocenters. The summed E-state index contributed by atoms with van der Waals surface area (Å²) >= 11 is 0. The molecular formula is C9H16N6O. The number of nitrogens with zero attached hydrogens (tertiary/aromatic N) is 3. The second-order valence-electron chi connectivity index (χ2n) is 3.79. The minimum Gasteiger partial charge on any atom is -0.351 e. The predicted octanol–water partition coefficient (Wildman–Crippen LogP) is -1.50. The minimum atomic E-state index is -0.188. The van der Waals surface area contributed by atoms with Gasteiger partial charge in [-0.3, -0.25) is 4.79 Å². The van der Waals surface area contributed by atoms with Crippen LogP contribution in [0.5, 0.6) is 0 Å². The molecule has 1 saturated heterocycles. The van der Waals surface area contributed by atoms with Crippen molar-refractivity contribution in [2.75, 3.05) is 26.2 Å². The summed E-state index contributed by atoms with van der Waals surface area (Å²) in [6.45, 7) is 2.92. The number of rotatable bonds is 5. The molecule has 0 spiro atoms. The molecule has 7 nitrogen and oxygen atoms in total. The Labute approximate surface area is 93.4 Å². The lowest BCUT2D eigenvalue weighted by atomic mass is 10.2. The van der Waals surface area contributed by atoms with Gasteiger partial charge < -0.3 is 16.4 Å². The maximum Gasteiger partial charge on any atom is 0.273 e.